The van der Waals surface area contributed by atoms with E-state index < -0.39 is 29.4 Å². The van der Waals surface area contributed by atoms with Crippen LogP contribution in [0.3, 0.4) is 0 Å². The zero-order valence-electron chi connectivity index (χ0n) is 13.4. The molecular weight excluding hydrogens is 344 g/mol. The van der Waals surface area contributed by atoms with Crippen molar-refractivity contribution in [3.63, 3.8) is 0 Å². The average Bonchev–Trinajstić information content (AvgIpc) is 2.57. The van der Waals surface area contributed by atoms with Crippen molar-refractivity contribution < 1.29 is 18.4 Å². The fraction of sp³-hybridized carbons (Fsp3) is 0. The van der Waals surface area contributed by atoms with Crippen LogP contribution in [-0.2, 0) is 4.79 Å². The van der Waals surface area contributed by atoms with E-state index in [0.29, 0.717) is 11.3 Å². The maximum Gasteiger partial charge on any atom is 0.340 e. The van der Waals surface area contributed by atoms with Crippen molar-refractivity contribution >= 4 is 23.5 Å². The third-order valence-electron chi connectivity index (χ3n) is 3.30. The van der Waals surface area contributed by atoms with Gasteiger partial charge in [0.25, 0.3) is 5.91 Å². The molecule has 0 aliphatic carbocycles. The van der Waals surface area contributed by atoms with Crippen molar-refractivity contribution in [3.8, 4) is 11.1 Å². The summed E-state index contributed by atoms with van der Waals surface area (Å²) in [6.45, 7) is 0. The van der Waals surface area contributed by atoms with E-state index in [2.05, 4.69) is 10.3 Å². The number of amidine groups is 1. The molecule has 0 unspecified atom stereocenters. The van der Waals surface area contributed by atoms with Gasteiger partial charge in [0.1, 0.15) is 5.84 Å². The number of rotatable bonds is 5. The van der Waals surface area contributed by atoms with E-state index in [1.165, 1.54) is 12.1 Å². The van der Waals surface area contributed by atoms with Gasteiger partial charge in [-0.15, -0.1) is 0 Å². The first-order valence-corrected chi connectivity index (χ1v) is 7.24. The first kappa shape index (κ1) is 18.6. The molecule has 0 aliphatic rings. The highest BCUT2D eigenvalue weighted by molar-refractivity contribution is 6.21. The lowest BCUT2D eigenvalue weighted by atomic mass is 10.0. The molecule has 0 aromatic heterocycles. The van der Waals surface area contributed by atoms with Crippen LogP contribution in [0.1, 0.15) is 0 Å². The Balaban J connectivity index is 2.24. The van der Waals surface area contributed by atoms with Gasteiger partial charge in [0.15, 0.2) is 11.6 Å². The quantitative estimate of drug-likeness (QED) is 0.368. The summed E-state index contributed by atoms with van der Waals surface area (Å²) >= 11 is 0. The fourth-order valence-corrected chi connectivity index (χ4v) is 2.08. The van der Waals surface area contributed by atoms with Crippen molar-refractivity contribution in [3.05, 3.63) is 65.9 Å². The van der Waals surface area contributed by atoms with Crippen LogP contribution >= 0.6 is 0 Å². The Kier molecular flexibility index (Phi) is 5.63. The van der Waals surface area contributed by atoms with E-state index in [1.54, 1.807) is 24.3 Å². The van der Waals surface area contributed by atoms with Crippen molar-refractivity contribution in [1.82, 2.24) is 0 Å². The first-order chi connectivity index (χ1) is 12.3. The number of primary amides is 2. The molecule has 0 saturated heterocycles. The number of anilines is 1. The second-order valence-corrected chi connectivity index (χ2v) is 5.08. The van der Waals surface area contributed by atoms with Gasteiger partial charge in [0, 0.05) is 17.5 Å². The smallest absolute Gasteiger partial charge is 0.340 e. The largest absolute Gasteiger partial charge is 0.383 e. The lowest BCUT2D eigenvalue weighted by molar-refractivity contribution is -0.114. The Bertz CT molecular complexity index is 908. The Hall–Kier alpha value is -3.75. The van der Waals surface area contributed by atoms with Gasteiger partial charge in [0.2, 0.25) is 0 Å². The highest BCUT2D eigenvalue weighted by atomic mass is 19.2. The third kappa shape index (κ3) is 4.41. The normalized spacial score (nSPS) is 11.9. The van der Waals surface area contributed by atoms with Crippen LogP contribution < -0.4 is 22.5 Å². The first-order valence-electron chi connectivity index (χ1n) is 7.24. The van der Waals surface area contributed by atoms with E-state index in [4.69, 9.17) is 17.2 Å². The number of hydrogen-bond acceptors (Lipinski definition) is 3. The van der Waals surface area contributed by atoms with Gasteiger partial charge in [-0.3, -0.25) is 4.79 Å². The van der Waals surface area contributed by atoms with Crippen LogP contribution in [0.5, 0.6) is 0 Å². The SMILES string of the molecule is NC(=O)/N=C(N)/C(=C\Nc1ccc(-c2cccc(F)c2F)cc1)C(N)=O. The second-order valence-electron chi connectivity index (χ2n) is 5.08. The summed E-state index contributed by atoms with van der Waals surface area (Å²) < 4.78 is 27.1. The number of amides is 3. The molecule has 7 N–H and O–H groups in total. The summed E-state index contributed by atoms with van der Waals surface area (Å²) in [5, 5.41) is 2.74. The minimum Gasteiger partial charge on any atom is -0.383 e. The third-order valence-corrected chi connectivity index (χ3v) is 3.30. The van der Waals surface area contributed by atoms with Crippen molar-refractivity contribution in [1.29, 1.82) is 0 Å². The lowest BCUT2D eigenvalue weighted by Crippen LogP contribution is -2.29. The monoisotopic (exact) mass is 359 g/mol. The van der Waals surface area contributed by atoms with Gasteiger partial charge in [-0.2, -0.15) is 4.99 Å². The van der Waals surface area contributed by atoms with Gasteiger partial charge in [-0.1, -0.05) is 24.3 Å². The summed E-state index contributed by atoms with van der Waals surface area (Å²) in [4.78, 5) is 25.3. The zero-order valence-corrected chi connectivity index (χ0v) is 13.4. The van der Waals surface area contributed by atoms with Crippen LogP contribution in [0, 0.1) is 11.6 Å². The lowest BCUT2D eigenvalue weighted by Gasteiger charge is -2.07. The number of nitrogens with zero attached hydrogens (tertiary/aromatic N) is 1. The van der Waals surface area contributed by atoms with Crippen LogP contribution in [0.15, 0.2) is 59.2 Å². The van der Waals surface area contributed by atoms with Crippen LogP contribution in [0.25, 0.3) is 11.1 Å². The van der Waals surface area contributed by atoms with E-state index in [-0.39, 0.29) is 11.1 Å². The van der Waals surface area contributed by atoms with Gasteiger partial charge in [-0.25, -0.2) is 13.6 Å². The molecule has 0 saturated carbocycles. The Labute approximate surface area is 147 Å². The highest BCUT2D eigenvalue weighted by Gasteiger charge is 2.12. The maximum absolute atomic E-state index is 13.8. The number of carbonyl (C=O) groups excluding carboxylic acids is 2. The summed E-state index contributed by atoms with van der Waals surface area (Å²) in [7, 11) is 0. The van der Waals surface area contributed by atoms with E-state index in [9.17, 15) is 18.4 Å². The summed E-state index contributed by atoms with van der Waals surface area (Å²) in [5.41, 5.74) is 16.3. The van der Waals surface area contributed by atoms with Gasteiger partial charge in [-0.05, 0) is 23.8 Å². The van der Waals surface area contributed by atoms with E-state index in [1.807, 2.05) is 0 Å². The molecule has 2 aromatic rings. The number of nitrogens with one attached hydrogen (secondary N) is 1. The van der Waals surface area contributed by atoms with Gasteiger partial charge < -0.3 is 22.5 Å². The zero-order chi connectivity index (χ0) is 19.3. The predicted octanol–water partition coefficient (Wildman–Crippen LogP) is 1.85. The molecule has 0 heterocycles. The summed E-state index contributed by atoms with van der Waals surface area (Å²) in [6, 6.07) is 9.05. The number of halogens is 2. The number of nitrogens with two attached hydrogens (primary N) is 3. The standard InChI is InChI=1S/C17H15F2N5O2/c18-13-3-1-2-11(14(13)19)9-4-6-10(7-5-9)23-8-12(16(21)25)15(20)24-17(22)26/h1-8,23H,(H2,21,25)(H4,20,22,24,26)/b12-8+. The van der Waals surface area contributed by atoms with E-state index in [0.717, 1.165) is 12.3 Å². The van der Waals surface area contributed by atoms with Crippen LogP contribution in [0.4, 0.5) is 19.3 Å². The number of aliphatic imine (C=N–C) groups is 1. The molecule has 0 radical (unpaired) electrons. The van der Waals surface area contributed by atoms with Crippen molar-refractivity contribution in [2.45, 2.75) is 0 Å². The predicted molar refractivity (Wildman–Crippen MR) is 93.9 cm³/mol. The van der Waals surface area contributed by atoms with Gasteiger partial charge >= 0.3 is 6.03 Å². The minimum absolute atomic E-state index is 0.114. The number of benzene rings is 2. The molecule has 134 valence electrons. The fourth-order valence-electron chi connectivity index (χ4n) is 2.08. The molecule has 2 aromatic carbocycles. The molecule has 0 atom stereocenters. The van der Waals surface area contributed by atoms with Crippen molar-refractivity contribution in [2.24, 2.45) is 22.2 Å². The highest BCUT2D eigenvalue weighted by Crippen LogP contribution is 2.25. The number of urea groups is 1. The molecule has 7 nitrogen and oxygen atoms in total. The Morgan fingerprint density at radius 2 is 1.65 bits per heavy atom. The van der Waals surface area contributed by atoms with Crippen LogP contribution in [-0.4, -0.2) is 17.8 Å². The Morgan fingerprint density at radius 1 is 1.00 bits per heavy atom. The number of hydrogen-bond donors (Lipinski definition) is 4. The molecule has 0 spiro atoms. The molecular formula is C17H15F2N5O2. The second kappa shape index (κ2) is 7.88. The van der Waals surface area contributed by atoms with Gasteiger partial charge in [0.05, 0.1) is 5.57 Å². The Morgan fingerprint density at radius 3 is 2.23 bits per heavy atom. The summed E-state index contributed by atoms with van der Waals surface area (Å²) in [5.74, 6) is -3.24. The molecule has 26 heavy (non-hydrogen) atoms. The molecule has 2 rings (SSSR count). The summed E-state index contributed by atoms with van der Waals surface area (Å²) in [6.07, 6.45) is 1.15. The number of carbonyl (C=O) groups is 2. The maximum atomic E-state index is 13.8. The minimum atomic E-state index is -1.07. The van der Waals surface area contributed by atoms with Crippen LogP contribution in [0.2, 0.25) is 0 Å². The van der Waals surface area contributed by atoms with E-state index >= 15 is 0 Å². The topological polar surface area (TPSA) is 137 Å². The molecule has 3 amide bonds. The molecule has 9 heteroatoms. The molecule has 0 aliphatic heterocycles. The molecule has 0 bridgehead atoms. The average molecular weight is 359 g/mol. The van der Waals surface area contributed by atoms with Crippen molar-refractivity contribution in [2.75, 3.05) is 5.32 Å². The molecule has 0 fully saturated rings.